The second kappa shape index (κ2) is 10.1. The number of rotatable bonds is 8. The topological polar surface area (TPSA) is 52.6 Å². The Kier molecular flexibility index (Phi) is 7.87. The molecule has 150 valence electrons. The Bertz CT molecular complexity index is 821. The van der Waals surface area contributed by atoms with Gasteiger partial charge >= 0.3 is 18.1 Å². The summed E-state index contributed by atoms with van der Waals surface area (Å²) in [6.07, 6.45) is -2.42. The molecule has 0 amide bonds. The molecule has 8 heteroatoms. The van der Waals surface area contributed by atoms with Crippen LogP contribution in [0.15, 0.2) is 48.5 Å². The monoisotopic (exact) mass is 414 g/mol. The van der Waals surface area contributed by atoms with E-state index in [-0.39, 0.29) is 17.9 Å². The molecule has 0 N–H and O–H groups in total. The summed E-state index contributed by atoms with van der Waals surface area (Å²) in [4.78, 5) is 24.2. The molecule has 28 heavy (non-hydrogen) atoms. The first-order chi connectivity index (χ1) is 13.3. The number of esters is 2. The maximum atomic E-state index is 13.1. The zero-order valence-corrected chi connectivity index (χ0v) is 15.6. The molecular weight excluding hydrogens is 397 g/mol. The highest BCUT2D eigenvalue weighted by molar-refractivity contribution is 6.17. The van der Waals surface area contributed by atoms with Crippen molar-refractivity contribution in [1.82, 2.24) is 0 Å². The van der Waals surface area contributed by atoms with E-state index < -0.39 is 29.2 Å². The predicted octanol–water partition coefficient (Wildman–Crippen LogP) is 5.63. The highest BCUT2D eigenvalue weighted by atomic mass is 35.5. The normalized spacial score (nSPS) is 11.1. The molecule has 0 atom stereocenters. The van der Waals surface area contributed by atoms with Gasteiger partial charge in [0.05, 0.1) is 11.1 Å². The van der Waals surface area contributed by atoms with E-state index in [1.54, 1.807) is 6.07 Å². The van der Waals surface area contributed by atoms with Crippen molar-refractivity contribution < 1.29 is 32.2 Å². The van der Waals surface area contributed by atoms with Gasteiger partial charge in [0.15, 0.2) is 11.5 Å². The van der Waals surface area contributed by atoms with E-state index in [2.05, 4.69) is 0 Å². The Hall–Kier alpha value is -2.54. The molecule has 0 unspecified atom stereocenters. The highest BCUT2D eigenvalue weighted by Gasteiger charge is 2.35. The van der Waals surface area contributed by atoms with Gasteiger partial charge in [-0.3, -0.25) is 4.79 Å². The molecule has 2 aromatic carbocycles. The van der Waals surface area contributed by atoms with Gasteiger partial charge in [0.2, 0.25) is 0 Å². The van der Waals surface area contributed by atoms with Gasteiger partial charge in [0.25, 0.3) is 0 Å². The molecule has 0 aliphatic heterocycles. The summed E-state index contributed by atoms with van der Waals surface area (Å²) in [5.74, 6) is -1.40. The number of carbonyl (C=O) groups excluding carboxylic acids is 2. The van der Waals surface area contributed by atoms with Crippen LogP contribution in [-0.4, -0.2) is 17.8 Å². The predicted molar refractivity (Wildman–Crippen MR) is 97.7 cm³/mol. The van der Waals surface area contributed by atoms with E-state index in [9.17, 15) is 22.8 Å². The summed E-state index contributed by atoms with van der Waals surface area (Å²) in [5, 5.41) is 0. The minimum atomic E-state index is -4.70. The molecule has 4 nitrogen and oxygen atoms in total. The van der Waals surface area contributed by atoms with Crippen LogP contribution in [-0.2, 0) is 11.0 Å². The minimum Gasteiger partial charge on any atom is -0.423 e. The highest BCUT2D eigenvalue weighted by Crippen LogP contribution is 2.33. The summed E-state index contributed by atoms with van der Waals surface area (Å²) in [6, 6.07) is 10.1. The van der Waals surface area contributed by atoms with Crippen LogP contribution in [0.4, 0.5) is 13.2 Å². The molecule has 0 saturated heterocycles. The first kappa shape index (κ1) is 21.8. The van der Waals surface area contributed by atoms with E-state index >= 15 is 0 Å². The number of alkyl halides is 4. The minimum absolute atomic E-state index is 0.0392. The molecule has 0 fully saturated rings. The van der Waals surface area contributed by atoms with Crippen molar-refractivity contribution in [2.75, 3.05) is 5.88 Å². The second-order valence-electron chi connectivity index (χ2n) is 5.85. The Labute approximate surface area is 165 Å². The largest absolute Gasteiger partial charge is 0.423 e. The van der Waals surface area contributed by atoms with Crippen LogP contribution < -0.4 is 9.47 Å². The van der Waals surface area contributed by atoms with Gasteiger partial charge in [-0.25, -0.2) is 4.79 Å². The van der Waals surface area contributed by atoms with Crippen molar-refractivity contribution in [2.45, 2.75) is 31.9 Å². The van der Waals surface area contributed by atoms with Crippen LogP contribution >= 0.6 is 11.6 Å². The average Bonchev–Trinajstić information content (AvgIpc) is 2.66. The number of hydrogen-bond acceptors (Lipinski definition) is 4. The van der Waals surface area contributed by atoms with Crippen LogP contribution in [0.3, 0.4) is 0 Å². The fourth-order valence-corrected chi connectivity index (χ4v) is 2.59. The third kappa shape index (κ3) is 6.27. The van der Waals surface area contributed by atoms with Gasteiger partial charge in [-0.1, -0.05) is 30.7 Å². The molecule has 2 aromatic rings. The van der Waals surface area contributed by atoms with Crippen LogP contribution in [0, 0.1) is 0 Å². The zero-order valence-electron chi connectivity index (χ0n) is 14.8. The Morgan fingerprint density at radius 1 is 0.857 bits per heavy atom. The van der Waals surface area contributed by atoms with Crippen molar-refractivity contribution in [1.29, 1.82) is 0 Å². The Balaban J connectivity index is 2.11. The van der Waals surface area contributed by atoms with Crippen LogP contribution in [0.5, 0.6) is 11.5 Å². The Morgan fingerprint density at radius 2 is 1.46 bits per heavy atom. The number of para-hydroxylation sites is 2. The summed E-state index contributed by atoms with van der Waals surface area (Å²) >= 11 is 5.57. The lowest BCUT2D eigenvalue weighted by atomic mass is 10.1. The van der Waals surface area contributed by atoms with Gasteiger partial charge in [-0.05, 0) is 37.1 Å². The molecule has 0 heterocycles. The van der Waals surface area contributed by atoms with Gasteiger partial charge in [0.1, 0.15) is 0 Å². The molecule has 0 radical (unpaired) electrons. The van der Waals surface area contributed by atoms with Crippen molar-refractivity contribution in [3.63, 3.8) is 0 Å². The lowest BCUT2D eigenvalue weighted by Gasteiger charge is -2.13. The molecule has 2 rings (SSSR count). The number of carbonyl (C=O) groups is 2. The van der Waals surface area contributed by atoms with Crippen molar-refractivity contribution in [2.24, 2.45) is 0 Å². The summed E-state index contributed by atoms with van der Waals surface area (Å²) in [6.45, 7) is 0. The number of halogens is 4. The standard InChI is InChI=1S/C20H18ClF3O4/c21-13-7-1-2-12-18(25)27-16-10-5-6-11-17(16)28-19(26)14-8-3-4-9-15(14)20(22,23)24/h3-6,8-11H,1-2,7,12-13H2. The lowest BCUT2D eigenvalue weighted by Crippen LogP contribution is -2.17. The number of hydrogen-bond donors (Lipinski definition) is 0. The van der Waals surface area contributed by atoms with Crippen LogP contribution in [0.25, 0.3) is 0 Å². The average molecular weight is 415 g/mol. The SMILES string of the molecule is O=C(CCCCCCl)Oc1ccccc1OC(=O)c1ccccc1C(F)(F)F. The van der Waals surface area contributed by atoms with E-state index in [1.165, 1.54) is 30.3 Å². The zero-order chi connectivity index (χ0) is 20.6. The summed E-state index contributed by atoms with van der Waals surface area (Å²) in [7, 11) is 0. The number of unbranched alkanes of at least 4 members (excludes halogenated alkanes) is 2. The number of ether oxygens (including phenoxy) is 2. The molecule has 0 spiro atoms. The van der Waals surface area contributed by atoms with Gasteiger partial charge < -0.3 is 9.47 Å². The van der Waals surface area contributed by atoms with Gasteiger partial charge in [0, 0.05) is 12.3 Å². The third-order valence-electron chi connectivity index (χ3n) is 3.74. The molecule has 0 bridgehead atoms. The van der Waals surface area contributed by atoms with Crippen LogP contribution in [0.2, 0.25) is 0 Å². The second-order valence-corrected chi connectivity index (χ2v) is 6.23. The van der Waals surface area contributed by atoms with Crippen LogP contribution in [0.1, 0.15) is 41.6 Å². The fourth-order valence-electron chi connectivity index (χ4n) is 2.40. The van der Waals surface area contributed by atoms with Gasteiger partial charge in [-0.15, -0.1) is 11.6 Å². The molecule has 0 aliphatic rings. The number of benzene rings is 2. The molecular formula is C20H18ClF3O4. The molecule has 0 aliphatic carbocycles. The van der Waals surface area contributed by atoms with E-state index in [4.69, 9.17) is 21.1 Å². The first-order valence-corrected chi connectivity index (χ1v) is 9.10. The van der Waals surface area contributed by atoms with Crippen molar-refractivity contribution >= 4 is 23.5 Å². The maximum Gasteiger partial charge on any atom is 0.417 e. The maximum absolute atomic E-state index is 13.1. The molecule has 0 aromatic heterocycles. The quantitative estimate of drug-likeness (QED) is 0.243. The first-order valence-electron chi connectivity index (χ1n) is 8.57. The lowest BCUT2D eigenvalue weighted by molar-refractivity contribution is -0.138. The Morgan fingerprint density at radius 3 is 2.11 bits per heavy atom. The van der Waals surface area contributed by atoms with Crippen molar-refractivity contribution in [3.05, 3.63) is 59.7 Å². The van der Waals surface area contributed by atoms with Crippen molar-refractivity contribution in [3.8, 4) is 11.5 Å². The summed E-state index contributed by atoms with van der Waals surface area (Å²) in [5.41, 5.74) is -1.73. The van der Waals surface area contributed by atoms with Gasteiger partial charge in [-0.2, -0.15) is 13.2 Å². The third-order valence-corrected chi connectivity index (χ3v) is 4.01. The van der Waals surface area contributed by atoms with E-state index in [0.29, 0.717) is 12.3 Å². The molecule has 0 saturated carbocycles. The smallest absolute Gasteiger partial charge is 0.417 e. The summed E-state index contributed by atoms with van der Waals surface area (Å²) < 4.78 is 49.5. The fraction of sp³-hybridized carbons (Fsp3) is 0.300. The van der Waals surface area contributed by atoms with E-state index in [1.807, 2.05) is 0 Å². The van der Waals surface area contributed by atoms with E-state index in [0.717, 1.165) is 25.0 Å².